The summed E-state index contributed by atoms with van der Waals surface area (Å²) in [5.41, 5.74) is 2.36. The van der Waals surface area contributed by atoms with Crippen LogP contribution >= 0.6 is 0 Å². The summed E-state index contributed by atoms with van der Waals surface area (Å²) in [6.45, 7) is 9.86. The number of methoxy groups -OCH3 is 1. The van der Waals surface area contributed by atoms with E-state index in [1.54, 1.807) is 17.0 Å². The number of carbonyl (C=O) groups is 2. The van der Waals surface area contributed by atoms with Crippen molar-refractivity contribution < 1.29 is 19.1 Å². The van der Waals surface area contributed by atoms with Crippen molar-refractivity contribution in [3.8, 4) is 5.75 Å². The molecule has 4 rings (SSSR count). The van der Waals surface area contributed by atoms with Gasteiger partial charge in [0.05, 0.1) is 32.1 Å². The molecule has 0 radical (unpaired) electrons. The molecule has 204 valence electrons. The molecule has 38 heavy (non-hydrogen) atoms. The maximum Gasteiger partial charge on any atom is 0.318 e. The fourth-order valence-electron chi connectivity index (χ4n) is 4.61. The van der Waals surface area contributed by atoms with Crippen LogP contribution in [-0.2, 0) is 9.53 Å². The molecule has 9 nitrogen and oxygen atoms in total. The van der Waals surface area contributed by atoms with E-state index in [9.17, 15) is 9.59 Å². The molecule has 1 fully saturated rings. The van der Waals surface area contributed by atoms with Crippen molar-refractivity contribution in [3.05, 3.63) is 65.7 Å². The van der Waals surface area contributed by atoms with Crippen LogP contribution in [0.3, 0.4) is 0 Å². The number of amides is 3. The van der Waals surface area contributed by atoms with E-state index in [-0.39, 0.29) is 24.5 Å². The Kier molecular flexibility index (Phi) is 9.01. The van der Waals surface area contributed by atoms with E-state index in [0.717, 1.165) is 35.7 Å². The Bertz CT molecular complexity index is 1110. The van der Waals surface area contributed by atoms with Crippen LogP contribution in [0, 0.1) is 0 Å². The molecule has 2 aromatic rings. The lowest BCUT2D eigenvalue weighted by molar-refractivity contribution is -0.133. The number of hydrogen-bond donors (Lipinski definition) is 1. The predicted molar refractivity (Wildman–Crippen MR) is 147 cm³/mol. The highest BCUT2D eigenvalue weighted by Gasteiger charge is 2.35. The van der Waals surface area contributed by atoms with Crippen LogP contribution < -0.4 is 10.1 Å². The second kappa shape index (κ2) is 12.4. The average molecular weight is 522 g/mol. The van der Waals surface area contributed by atoms with Crippen LogP contribution in [0.1, 0.15) is 44.4 Å². The minimum Gasteiger partial charge on any atom is -0.497 e. The van der Waals surface area contributed by atoms with Gasteiger partial charge in [-0.3, -0.25) is 9.69 Å². The monoisotopic (exact) mass is 521 g/mol. The van der Waals surface area contributed by atoms with Crippen LogP contribution in [0.25, 0.3) is 0 Å². The molecule has 1 N–H and O–H groups in total. The van der Waals surface area contributed by atoms with Gasteiger partial charge < -0.3 is 19.7 Å². The molecule has 9 heteroatoms. The molecule has 2 aliphatic heterocycles. The van der Waals surface area contributed by atoms with Crippen molar-refractivity contribution in [2.45, 2.75) is 38.8 Å². The minimum absolute atomic E-state index is 0.0605. The first-order chi connectivity index (χ1) is 18.2. The summed E-state index contributed by atoms with van der Waals surface area (Å²) in [7, 11) is 1.63. The van der Waals surface area contributed by atoms with Gasteiger partial charge in [0, 0.05) is 38.1 Å². The molecular formula is C29H39N5O4. The van der Waals surface area contributed by atoms with E-state index >= 15 is 0 Å². The first-order valence-electron chi connectivity index (χ1n) is 13.2. The summed E-state index contributed by atoms with van der Waals surface area (Å²) in [5.74, 6) is 0.550. The van der Waals surface area contributed by atoms with Gasteiger partial charge >= 0.3 is 6.03 Å². The van der Waals surface area contributed by atoms with E-state index < -0.39 is 5.54 Å². The summed E-state index contributed by atoms with van der Waals surface area (Å²) >= 11 is 0. The summed E-state index contributed by atoms with van der Waals surface area (Å²) < 4.78 is 10.7. The van der Waals surface area contributed by atoms with Gasteiger partial charge in [0.1, 0.15) is 12.3 Å². The Balaban J connectivity index is 1.55. The van der Waals surface area contributed by atoms with E-state index in [2.05, 4.69) is 10.2 Å². The highest BCUT2D eigenvalue weighted by atomic mass is 16.5. The van der Waals surface area contributed by atoms with Crippen LogP contribution in [0.4, 0.5) is 4.79 Å². The van der Waals surface area contributed by atoms with Gasteiger partial charge in [0.2, 0.25) is 0 Å². The number of nitrogens with zero attached hydrogens (tertiary/aromatic N) is 4. The number of hydrogen-bond acceptors (Lipinski definition) is 6. The number of hydrazone groups is 1. The zero-order valence-corrected chi connectivity index (χ0v) is 22.9. The Morgan fingerprint density at radius 2 is 1.76 bits per heavy atom. The maximum absolute atomic E-state index is 13.8. The van der Waals surface area contributed by atoms with Crippen molar-refractivity contribution in [2.24, 2.45) is 5.10 Å². The van der Waals surface area contributed by atoms with Gasteiger partial charge in [-0.15, -0.1) is 0 Å². The van der Waals surface area contributed by atoms with Crippen molar-refractivity contribution in [2.75, 3.05) is 53.0 Å². The third-order valence-corrected chi connectivity index (χ3v) is 6.66. The Morgan fingerprint density at radius 1 is 1.08 bits per heavy atom. The van der Waals surface area contributed by atoms with Crippen LogP contribution in [0.2, 0.25) is 0 Å². The third kappa shape index (κ3) is 7.33. The summed E-state index contributed by atoms with van der Waals surface area (Å²) in [4.78, 5) is 30.9. The Hall–Kier alpha value is -3.43. The number of rotatable bonds is 8. The van der Waals surface area contributed by atoms with Crippen molar-refractivity contribution in [1.82, 2.24) is 20.1 Å². The minimum atomic E-state index is -0.419. The second-order valence-electron chi connectivity index (χ2n) is 10.7. The van der Waals surface area contributed by atoms with Crippen molar-refractivity contribution in [3.63, 3.8) is 0 Å². The number of benzene rings is 2. The van der Waals surface area contributed by atoms with Crippen LogP contribution in [0.15, 0.2) is 59.7 Å². The fraction of sp³-hybridized carbons (Fsp3) is 0.483. The standard InChI is InChI=1S/C29H39N5O4/c1-29(2,3)30-28(36)33(15-14-32-16-18-38-19-17-32)21-27(35)34-26(23-8-6-5-7-9-23)20-25(31-34)22-10-12-24(37-4)13-11-22/h5-13,26H,14-21H2,1-4H3,(H,30,36)/t26-/m1/s1. The van der Waals surface area contributed by atoms with Gasteiger partial charge in [-0.25, -0.2) is 9.80 Å². The SMILES string of the molecule is COc1ccc(C2=NN(C(=O)CN(CCN3CCOCC3)C(=O)NC(C)(C)C)[C@@H](c3ccccc3)C2)cc1. The van der Waals surface area contributed by atoms with Gasteiger partial charge in [0.15, 0.2) is 0 Å². The fourth-order valence-corrected chi connectivity index (χ4v) is 4.61. The van der Waals surface area contributed by atoms with E-state index in [0.29, 0.717) is 32.7 Å². The molecule has 0 spiro atoms. The number of morpholine rings is 1. The van der Waals surface area contributed by atoms with Gasteiger partial charge in [-0.05, 0) is 56.2 Å². The second-order valence-corrected chi connectivity index (χ2v) is 10.7. The molecule has 0 saturated carbocycles. The van der Waals surface area contributed by atoms with E-state index in [4.69, 9.17) is 14.6 Å². The third-order valence-electron chi connectivity index (χ3n) is 6.66. The zero-order valence-electron chi connectivity index (χ0n) is 22.9. The Labute approximate surface area is 225 Å². The largest absolute Gasteiger partial charge is 0.497 e. The molecule has 2 heterocycles. The van der Waals surface area contributed by atoms with E-state index in [1.807, 2.05) is 75.4 Å². The van der Waals surface area contributed by atoms with Gasteiger partial charge in [-0.2, -0.15) is 5.10 Å². The van der Waals surface area contributed by atoms with E-state index in [1.165, 1.54) is 0 Å². The van der Waals surface area contributed by atoms with Crippen molar-refractivity contribution in [1.29, 1.82) is 0 Å². The molecule has 3 amide bonds. The molecule has 0 aliphatic carbocycles. The number of nitrogens with one attached hydrogen (secondary N) is 1. The normalized spacial score (nSPS) is 18.2. The lowest BCUT2D eigenvalue weighted by Crippen LogP contribution is -2.53. The molecule has 2 aliphatic rings. The number of carbonyl (C=O) groups excluding carboxylic acids is 2. The van der Waals surface area contributed by atoms with Crippen molar-refractivity contribution >= 4 is 17.6 Å². The zero-order chi connectivity index (χ0) is 27.1. The lowest BCUT2D eigenvalue weighted by Gasteiger charge is -2.32. The highest BCUT2D eigenvalue weighted by molar-refractivity contribution is 6.03. The average Bonchev–Trinajstić information content (AvgIpc) is 3.37. The Morgan fingerprint density at radius 3 is 2.39 bits per heavy atom. The smallest absolute Gasteiger partial charge is 0.318 e. The van der Waals surface area contributed by atoms with Gasteiger partial charge in [-0.1, -0.05) is 30.3 Å². The van der Waals surface area contributed by atoms with Crippen LogP contribution in [0.5, 0.6) is 5.75 Å². The first-order valence-corrected chi connectivity index (χ1v) is 13.2. The molecule has 2 aromatic carbocycles. The topological polar surface area (TPSA) is 86.7 Å². The first kappa shape index (κ1) is 27.6. The molecule has 0 unspecified atom stereocenters. The molecular weight excluding hydrogens is 482 g/mol. The highest BCUT2D eigenvalue weighted by Crippen LogP contribution is 2.33. The number of ether oxygens (including phenoxy) is 2. The predicted octanol–water partition coefficient (Wildman–Crippen LogP) is 3.52. The molecule has 0 aromatic heterocycles. The van der Waals surface area contributed by atoms with Crippen LogP contribution in [-0.4, -0.2) is 91.0 Å². The summed E-state index contributed by atoms with van der Waals surface area (Å²) in [6.07, 6.45) is 0.587. The molecule has 1 atom stereocenters. The maximum atomic E-state index is 13.8. The summed E-state index contributed by atoms with van der Waals surface area (Å²) in [6, 6.07) is 17.1. The quantitative estimate of drug-likeness (QED) is 0.575. The number of urea groups is 1. The molecule has 1 saturated heterocycles. The summed E-state index contributed by atoms with van der Waals surface area (Å²) in [5, 5.41) is 9.36. The molecule has 0 bridgehead atoms. The lowest BCUT2D eigenvalue weighted by atomic mass is 9.98. The van der Waals surface area contributed by atoms with Gasteiger partial charge in [0.25, 0.3) is 5.91 Å².